The average Bonchev–Trinajstić information content (AvgIpc) is 2.35. The Kier molecular flexibility index (Phi) is 3.85. The first-order valence-electron chi connectivity index (χ1n) is 6.53. The Morgan fingerprint density at radius 1 is 1.18 bits per heavy atom. The minimum absolute atomic E-state index is 0.104. The van der Waals surface area contributed by atoms with E-state index in [2.05, 4.69) is 37.4 Å². The van der Waals surface area contributed by atoms with E-state index in [1.54, 1.807) is 0 Å². The monoisotopic (exact) mass is 233 g/mol. The van der Waals surface area contributed by atoms with Gasteiger partial charge < -0.3 is 10.4 Å². The Hall–Kier alpha value is -0.860. The molecule has 1 aromatic rings. The van der Waals surface area contributed by atoms with Crippen molar-refractivity contribution in [2.75, 3.05) is 19.7 Å². The van der Waals surface area contributed by atoms with Crippen LogP contribution in [0.2, 0.25) is 0 Å². The molecule has 0 saturated carbocycles. The fourth-order valence-corrected chi connectivity index (χ4v) is 2.69. The van der Waals surface area contributed by atoms with Crippen molar-refractivity contribution in [3.8, 4) is 0 Å². The molecule has 2 N–H and O–H groups in total. The second-order valence-corrected chi connectivity index (χ2v) is 5.50. The maximum absolute atomic E-state index is 9.70. The number of piperidine rings is 1. The van der Waals surface area contributed by atoms with Gasteiger partial charge in [-0.1, -0.05) is 18.2 Å². The Bertz CT molecular complexity index is 381. The van der Waals surface area contributed by atoms with E-state index in [0.29, 0.717) is 6.61 Å². The van der Waals surface area contributed by atoms with Gasteiger partial charge in [-0.25, -0.2) is 0 Å². The minimum Gasteiger partial charge on any atom is -0.396 e. The average molecular weight is 233 g/mol. The summed E-state index contributed by atoms with van der Waals surface area (Å²) in [5.41, 5.74) is 4.16. The van der Waals surface area contributed by atoms with E-state index in [-0.39, 0.29) is 5.41 Å². The Balaban J connectivity index is 2.14. The third-order valence-corrected chi connectivity index (χ3v) is 4.15. The van der Waals surface area contributed by atoms with Gasteiger partial charge in [0.25, 0.3) is 0 Å². The molecular weight excluding hydrogens is 210 g/mol. The normalized spacial score (nSPS) is 19.2. The third kappa shape index (κ3) is 2.88. The number of nitrogens with one attached hydrogen (secondary N) is 1. The van der Waals surface area contributed by atoms with Crippen LogP contribution in [0, 0.1) is 19.3 Å². The van der Waals surface area contributed by atoms with Crippen molar-refractivity contribution in [2.45, 2.75) is 33.1 Å². The number of rotatable bonds is 3. The fourth-order valence-electron chi connectivity index (χ4n) is 2.69. The highest BCUT2D eigenvalue weighted by atomic mass is 16.3. The molecule has 0 atom stereocenters. The lowest BCUT2D eigenvalue weighted by atomic mass is 9.75. The van der Waals surface area contributed by atoms with Crippen LogP contribution in [0.15, 0.2) is 18.2 Å². The number of hydrogen-bond acceptors (Lipinski definition) is 2. The smallest absolute Gasteiger partial charge is 0.0491 e. The topological polar surface area (TPSA) is 32.3 Å². The molecule has 0 unspecified atom stereocenters. The molecule has 1 aromatic carbocycles. The summed E-state index contributed by atoms with van der Waals surface area (Å²) in [5.74, 6) is 0. The molecule has 1 saturated heterocycles. The lowest BCUT2D eigenvalue weighted by Crippen LogP contribution is -2.40. The van der Waals surface area contributed by atoms with Gasteiger partial charge in [0.2, 0.25) is 0 Å². The molecule has 17 heavy (non-hydrogen) atoms. The van der Waals surface area contributed by atoms with Crippen LogP contribution in [0.1, 0.15) is 29.5 Å². The lowest BCUT2D eigenvalue weighted by Gasteiger charge is -2.36. The van der Waals surface area contributed by atoms with Gasteiger partial charge in [-0.3, -0.25) is 0 Å². The summed E-state index contributed by atoms with van der Waals surface area (Å²) in [4.78, 5) is 0. The van der Waals surface area contributed by atoms with Crippen LogP contribution in [-0.4, -0.2) is 24.8 Å². The van der Waals surface area contributed by atoms with E-state index >= 15 is 0 Å². The fraction of sp³-hybridized carbons (Fsp3) is 0.600. The third-order valence-electron chi connectivity index (χ3n) is 4.15. The molecule has 0 radical (unpaired) electrons. The predicted molar refractivity (Wildman–Crippen MR) is 71.2 cm³/mol. The summed E-state index contributed by atoms with van der Waals surface area (Å²) >= 11 is 0. The lowest BCUT2D eigenvalue weighted by molar-refractivity contribution is 0.0893. The summed E-state index contributed by atoms with van der Waals surface area (Å²) in [6.07, 6.45) is 3.17. The highest BCUT2D eigenvalue weighted by Gasteiger charge is 2.31. The van der Waals surface area contributed by atoms with Gasteiger partial charge in [0.15, 0.2) is 0 Å². The molecule has 0 aliphatic carbocycles. The number of aliphatic hydroxyl groups excluding tert-OH is 1. The van der Waals surface area contributed by atoms with Crippen LogP contribution in [0.25, 0.3) is 0 Å². The highest BCUT2D eigenvalue weighted by molar-refractivity contribution is 5.30. The molecule has 2 nitrogen and oxygen atoms in total. The zero-order valence-corrected chi connectivity index (χ0v) is 10.9. The Morgan fingerprint density at radius 3 is 2.47 bits per heavy atom. The van der Waals surface area contributed by atoms with Crippen molar-refractivity contribution in [1.82, 2.24) is 5.32 Å². The van der Waals surface area contributed by atoms with Crippen LogP contribution in [-0.2, 0) is 6.42 Å². The van der Waals surface area contributed by atoms with Crippen LogP contribution >= 0.6 is 0 Å². The molecule has 0 aromatic heterocycles. The van der Waals surface area contributed by atoms with Gasteiger partial charge in [0, 0.05) is 6.61 Å². The van der Waals surface area contributed by atoms with E-state index < -0.39 is 0 Å². The van der Waals surface area contributed by atoms with E-state index in [4.69, 9.17) is 0 Å². The summed E-state index contributed by atoms with van der Waals surface area (Å²) < 4.78 is 0. The largest absolute Gasteiger partial charge is 0.396 e. The molecule has 1 fully saturated rings. The Morgan fingerprint density at radius 2 is 1.88 bits per heavy atom. The van der Waals surface area contributed by atoms with Crippen LogP contribution in [0.5, 0.6) is 0 Å². The van der Waals surface area contributed by atoms with Crippen LogP contribution in [0.3, 0.4) is 0 Å². The van der Waals surface area contributed by atoms with Gasteiger partial charge in [-0.2, -0.15) is 0 Å². The zero-order chi connectivity index (χ0) is 12.3. The van der Waals surface area contributed by atoms with E-state index in [1.165, 1.54) is 16.7 Å². The highest BCUT2D eigenvalue weighted by Crippen LogP contribution is 2.32. The van der Waals surface area contributed by atoms with Crippen molar-refractivity contribution in [1.29, 1.82) is 0 Å². The number of hydrogen-bond donors (Lipinski definition) is 2. The molecule has 0 spiro atoms. The van der Waals surface area contributed by atoms with Crippen LogP contribution < -0.4 is 5.32 Å². The van der Waals surface area contributed by atoms with Crippen molar-refractivity contribution < 1.29 is 5.11 Å². The molecule has 2 rings (SSSR count). The molecule has 1 heterocycles. The maximum Gasteiger partial charge on any atom is 0.0491 e. The second-order valence-electron chi connectivity index (χ2n) is 5.50. The first-order valence-corrected chi connectivity index (χ1v) is 6.53. The first-order chi connectivity index (χ1) is 8.15. The van der Waals surface area contributed by atoms with Crippen molar-refractivity contribution in [3.63, 3.8) is 0 Å². The van der Waals surface area contributed by atoms with Crippen molar-refractivity contribution >= 4 is 0 Å². The van der Waals surface area contributed by atoms with Crippen molar-refractivity contribution in [3.05, 3.63) is 34.9 Å². The molecule has 94 valence electrons. The minimum atomic E-state index is 0.104. The molecular formula is C15H23NO. The van der Waals surface area contributed by atoms with Gasteiger partial charge in [-0.05, 0) is 68.3 Å². The van der Waals surface area contributed by atoms with Gasteiger partial charge in [0.05, 0.1) is 0 Å². The maximum atomic E-state index is 9.70. The molecule has 0 bridgehead atoms. The van der Waals surface area contributed by atoms with Gasteiger partial charge in [-0.15, -0.1) is 0 Å². The van der Waals surface area contributed by atoms with Crippen molar-refractivity contribution in [2.24, 2.45) is 5.41 Å². The van der Waals surface area contributed by atoms with E-state index in [9.17, 15) is 5.11 Å². The Labute approximate surface area is 104 Å². The summed E-state index contributed by atoms with van der Waals surface area (Å²) in [5, 5.41) is 13.1. The summed E-state index contributed by atoms with van der Waals surface area (Å²) in [6.45, 7) is 6.68. The zero-order valence-electron chi connectivity index (χ0n) is 10.9. The van der Waals surface area contributed by atoms with Gasteiger partial charge in [0.1, 0.15) is 0 Å². The SMILES string of the molecule is Cc1ccc(CC2(CO)CCNCC2)cc1C. The molecule has 1 aliphatic heterocycles. The van der Waals surface area contributed by atoms with E-state index in [0.717, 1.165) is 32.4 Å². The number of benzene rings is 1. The number of aliphatic hydroxyl groups is 1. The summed E-state index contributed by atoms with van der Waals surface area (Å²) in [7, 11) is 0. The number of aryl methyl sites for hydroxylation is 2. The van der Waals surface area contributed by atoms with Crippen LogP contribution in [0.4, 0.5) is 0 Å². The molecule has 0 amide bonds. The quantitative estimate of drug-likeness (QED) is 0.839. The predicted octanol–water partition coefficient (Wildman–Crippen LogP) is 2.21. The molecule has 2 heteroatoms. The van der Waals surface area contributed by atoms with Gasteiger partial charge >= 0.3 is 0 Å². The standard InChI is InChI=1S/C15H23NO/c1-12-3-4-14(9-13(12)2)10-15(11-17)5-7-16-8-6-15/h3-4,9,16-17H,5-8,10-11H2,1-2H3. The van der Waals surface area contributed by atoms with E-state index in [1.807, 2.05) is 0 Å². The second kappa shape index (κ2) is 5.19. The molecule has 1 aliphatic rings. The summed E-state index contributed by atoms with van der Waals surface area (Å²) in [6, 6.07) is 6.67. The first kappa shape index (κ1) is 12.6.